The lowest BCUT2D eigenvalue weighted by Gasteiger charge is -2.08. The van der Waals surface area contributed by atoms with Gasteiger partial charge in [0.15, 0.2) is 0 Å². The maximum Gasteiger partial charge on any atom is 0.226 e. The summed E-state index contributed by atoms with van der Waals surface area (Å²) in [5, 5.41) is 7.12. The van der Waals surface area contributed by atoms with Crippen molar-refractivity contribution in [2.75, 3.05) is 5.32 Å². The summed E-state index contributed by atoms with van der Waals surface area (Å²) in [6, 6.07) is 9.63. The highest BCUT2D eigenvalue weighted by atomic mass is 16.1. The second-order valence-electron chi connectivity index (χ2n) is 4.62. The van der Waals surface area contributed by atoms with Crippen LogP contribution in [0.5, 0.6) is 0 Å². The quantitative estimate of drug-likeness (QED) is 0.879. The predicted molar refractivity (Wildman–Crippen MR) is 75.2 cm³/mol. The van der Waals surface area contributed by atoms with Crippen LogP contribution in [0.1, 0.15) is 19.0 Å². The molecule has 0 radical (unpaired) electrons. The molecule has 5 nitrogen and oxygen atoms in total. The summed E-state index contributed by atoms with van der Waals surface area (Å²) >= 11 is 0. The number of hydrogen-bond donors (Lipinski definition) is 2. The van der Waals surface area contributed by atoms with Crippen molar-refractivity contribution >= 4 is 11.6 Å². The van der Waals surface area contributed by atoms with Crippen LogP contribution in [0.25, 0.3) is 5.69 Å². The molecule has 1 aromatic heterocycles. The van der Waals surface area contributed by atoms with Gasteiger partial charge in [0, 0.05) is 12.5 Å². The number of para-hydroxylation sites is 1. The maximum atomic E-state index is 11.7. The first-order chi connectivity index (χ1) is 9.08. The summed E-state index contributed by atoms with van der Waals surface area (Å²) in [6.45, 7) is 3.72. The summed E-state index contributed by atoms with van der Waals surface area (Å²) in [7, 11) is 0. The van der Waals surface area contributed by atoms with E-state index >= 15 is 0 Å². The molecule has 0 bridgehead atoms. The second kappa shape index (κ2) is 5.67. The monoisotopic (exact) mass is 258 g/mol. The molecule has 0 aliphatic heterocycles. The number of nitrogens with two attached hydrogens (primary N) is 1. The van der Waals surface area contributed by atoms with Crippen molar-refractivity contribution in [3.05, 3.63) is 42.2 Å². The summed E-state index contributed by atoms with van der Waals surface area (Å²) in [5.74, 6) is -0.0919. The molecule has 3 N–H and O–H groups in total. The van der Waals surface area contributed by atoms with Crippen LogP contribution in [-0.2, 0) is 4.79 Å². The predicted octanol–water partition coefficient (Wildman–Crippen LogP) is 1.86. The van der Waals surface area contributed by atoms with E-state index in [-0.39, 0.29) is 11.9 Å². The Labute approximate surface area is 112 Å². The Morgan fingerprint density at radius 3 is 2.74 bits per heavy atom. The molecule has 100 valence electrons. The number of nitrogens with zero attached hydrogens (tertiary/aromatic N) is 2. The van der Waals surface area contributed by atoms with Gasteiger partial charge in [-0.3, -0.25) is 4.79 Å². The first-order valence-corrected chi connectivity index (χ1v) is 6.23. The lowest BCUT2D eigenvalue weighted by molar-refractivity contribution is -0.116. The fraction of sp³-hybridized carbons (Fsp3) is 0.286. The van der Waals surface area contributed by atoms with Gasteiger partial charge < -0.3 is 11.1 Å². The normalized spacial score (nSPS) is 12.2. The molecule has 1 aromatic carbocycles. The number of nitrogens with one attached hydrogen (secondary N) is 1. The number of hydrogen-bond acceptors (Lipinski definition) is 3. The van der Waals surface area contributed by atoms with Gasteiger partial charge in [0.1, 0.15) is 0 Å². The van der Waals surface area contributed by atoms with Crippen molar-refractivity contribution in [1.29, 1.82) is 0 Å². The summed E-state index contributed by atoms with van der Waals surface area (Å²) in [4.78, 5) is 11.7. The van der Waals surface area contributed by atoms with Crippen LogP contribution < -0.4 is 11.1 Å². The molecular formula is C14H18N4O. The van der Waals surface area contributed by atoms with E-state index in [2.05, 4.69) is 10.4 Å². The molecule has 2 rings (SSSR count). The zero-order chi connectivity index (χ0) is 13.8. The highest BCUT2D eigenvalue weighted by Crippen LogP contribution is 2.18. The SMILES string of the molecule is Cc1c(NC(=O)CC(C)N)cnn1-c1ccccc1. The molecule has 1 heterocycles. The first kappa shape index (κ1) is 13.3. The Morgan fingerprint density at radius 2 is 2.11 bits per heavy atom. The highest BCUT2D eigenvalue weighted by molar-refractivity contribution is 5.91. The van der Waals surface area contributed by atoms with Crippen LogP contribution >= 0.6 is 0 Å². The number of anilines is 1. The fourth-order valence-corrected chi connectivity index (χ4v) is 1.86. The van der Waals surface area contributed by atoms with Crippen molar-refractivity contribution in [3.63, 3.8) is 0 Å². The Morgan fingerprint density at radius 1 is 1.42 bits per heavy atom. The van der Waals surface area contributed by atoms with E-state index in [9.17, 15) is 4.79 Å². The molecule has 0 saturated heterocycles. The third-order valence-electron chi connectivity index (χ3n) is 2.79. The number of rotatable bonds is 4. The van der Waals surface area contributed by atoms with Crippen molar-refractivity contribution in [3.8, 4) is 5.69 Å². The molecule has 0 spiro atoms. The van der Waals surface area contributed by atoms with E-state index in [1.807, 2.05) is 37.3 Å². The van der Waals surface area contributed by atoms with Crippen molar-refractivity contribution in [2.45, 2.75) is 26.3 Å². The Hall–Kier alpha value is -2.14. The highest BCUT2D eigenvalue weighted by Gasteiger charge is 2.11. The molecular weight excluding hydrogens is 240 g/mol. The number of carbonyl (C=O) groups excluding carboxylic acids is 1. The standard InChI is InChI=1S/C14H18N4O/c1-10(15)8-14(19)17-13-9-16-18(11(13)2)12-6-4-3-5-7-12/h3-7,9-10H,8,15H2,1-2H3,(H,17,19). The van der Waals surface area contributed by atoms with E-state index in [4.69, 9.17) is 5.73 Å². The molecule has 0 fully saturated rings. The van der Waals surface area contributed by atoms with Gasteiger partial charge in [0.2, 0.25) is 5.91 Å². The van der Waals surface area contributed by atoms with E-state index in [1.54, 1.807) is 17.8 Å². The minimum absolute atomic E-state index is 0.0919. The third kappa shape index (κ3) is 3.20. The van der Waals surface area contributed by atoms with E-state index < -0.39 is 0 Å². The minimum Gasteiger partial charge on any atom is -0.327 e. The summed E-state index contributed by atoms with van der Waals surface area (Å²) < 4.78 is 1.79. The van der Waals surface area contributed by atoms with Crippen LogP contribution in [-0.4, -0.2) is 21.7 Å². The Kier molecular flexibility index (Phi) is 3.97. The van der Waals surface area contributed by atoms with Crippen molar-refractivity contribution in [2.24, 2.45) is 5.73 Å². The largest absolute Gasteiger partial charge is 0.327 e. The Bertz CT molecular complexity index is 560. The van der Waals surface area contributed by atoms with Gasteiger partial charge in [0.25, 0.3) is 0 Å². The van der Waals surface area contributed by atoms with Gasteiger partial charge >= 0.3 is 0 Å². The molecule has 1 atom stereocenters. The molecule has 0 aliphatic rings. The average Bonchev–Trinajstić information content (AvgIpc) is 2.71. The average molecular weight is 258 g/mol. The molecule has 19 heavy (non-hydrogen) atoms. The van der Waals surface area contributed by atoms with E-state index in [1.165, 1.54) is 0 Å². The zero-order valence-corrected chi connectivity index (χ0v) is 11.1. The lowest BCUT2D eigenvalue weighted by Crippen LogP contribution is -2.24. The van der Waals surface area contributed by atoms with Crippen LogP contribution in [0.2, 0.25) is 0 Å². The van der Waals surface area contributed by atoms with Crippen molar-refractivity contribution in [1.82, 2.24) is 9.78 Å². The van der Waals surface area contributed by atoms with E-state index in [0.717, 1.165) is 17.1 Å². The minimum atomic E-state index is -0.149. The number of carbonyl (C=O) groups is 1. The lowest BCUT2D eigenvalue weighted by atomic mass is 10.2. The van der Waals surface area contributed by atoms with Crippen LogP contribution in [0, 0.1) is 6.92 Å². The molecule has 1 unspecified atom stereocenters. The van der Waals surface area contributed by atoms with Gasteiger partial charge in [-0.25, -0.2) is 4.68 Å². The van der Waals surface area contributed by atoms with Gasteiger partial charge in [0.05, 0.1) is 23.3 Å². The molecule has 1 amide bonds. The van der Waals surface area contributed by atoms with Crippen molar-refractivity contribution < 1.29 is 4.79 Å². The molecule has 2 aromatic rings. The summed E-state index contributed by atoms with van der Waals surface area (Å²) in [6.07, 6.45) is 1.96. The van der Waals surface area contributed by atoms with Gasteiger partial charge in [-0.2, -0.15) is 5.10 Å². The van der Waals surface area contributed by atoms with Gasteiger partial charge in [-0.05, 0) is 26.0 Å². The number of amides is 1. The third-order valence-corrected chi connectivity index (χ3v) is 2.79. The number of benzene rings is 1. The van der Waals surface area contributed by atoms with Gasteiger partial charge in [-0.15, -0.1) is 0 Å². The molecule has 5 heteroatoms. The fourth-order valence-electron chi connectivity index (χ4n) is 1.86. The first-order valence-electron chi connectivity index (χ1n) is 6.23. The topological polar surface area (TPSA) is 72.9 Å². The summed E-state index contributed by atoms with van der Waals surface area (Å²) in [5.41, 5.74) is 8.18. The van der Waals surface area contributed by atoms with Crippen LogP contribution in [0.15, 0.2) is 36.5 Å². The smallest absolute Gasteiger partial charge is 0.226 e. The Balaban J connectivity index is 2.17. The van der Waals surface area contributed by atoms with Crippen LogP contribution in [0.3, 0.4) is 0 Å². The maximum absolute atomic E-state index is 11.7. The molecule has 0 saturated carbocycles. The number of aromatic nitrogens is 2. The van der Waals surface area contributed by atoms with E-state index in [0.29, 0.717) is 6.42 Å². The molecule has 0 aliphatic carbocycles. The van der Waals surface area contributed by atoms with Crippen LogP contribution in [0.4, 0.5) is 5.69 Å². The van der Waals surface area contributed by atoms with Gasteiger partial charge in [-0.1, -0.05) is 18.2 Å². The zero-order valence-electron chi connectivity index (χ0n) is 11.1. The second-order valence-corrected chi connectivity index (χ2v) is 4.62.